The first-order valence-corrected chi connectivity index (χ1v) is 10.5. The van der Waals surface area contributed by atoms with Gasteiger partial charge >= 0.3 is 0 Å². The van der Waals surface area contributed by atoms with Crippen molar-refractivity contribution >= 4 is 21.6 Å². The fraction of sp³-hybridized carbons (Fsp3) is 0.421. The maximum Gasteiger partial charge on any atom is 0.248 e. The Morgan fingerprint density at radius 3 is 2.46 bits per heavy atom. The minimum atomic E-state index is -3.70. The molecule has 0 fully saturated rings. The molecule has 0 spiro atoms. The average molecular weight is 404 g/mol. The Labute approximate surface area is 165 Å². The average Bonchev–Trinajstić information content (AvgIpc) is 2.97. The summed E-state index contributed by atoms with van der Waals surface area (Å²) >= 11 is 0. The Hall–Kier alpha value is -2.70. The second-order valence-electron chi connectivity index (χ2n) is 6.36. The van der Waals surface area contributed by atoms with Crippen LogP contribution in [0.4, 0.5) is 5.69 Å². The third kappa shape index (κ3) is 3.93. The number of aryl methyl sites for hydroxylation is 1. The zero-order valence-electron chi connectivity index (χ0n) is 16.7. The quantitative estimate of drug-likeness (QED) is 0.764. The highest BCUT2D eigenvalue weighted by atomic mass is 32.2. The molecule has 0 aliphatic rings. The molecule has 1 atom stereocenters. The maximum atomic E-state index is 13.0. The van der Waals surface area contributed by atoms with E-state index in [1.54, 1.807) is 58.9 Å². The van der Waals surface area contributed by atoms with Gasteiger partial charge in [0.15, 0.2) is 0 Å². The van der Waals surface area contributed by atoms with Crippen LogP contribution < -0.4 is 5.32 Å². The molecular formula is C19H25N5O3S. The second kappa shape index (κ2) is 8.54. The van der Waals surface area contributed by atoms with Crippen LogP contribution in [0, 0.1) is 25.2 Å². The van der Waals surface area contributed by atoms with E-state index >= 15 is 0 Å². The van der Waals surface area contributed by atoms with Gasteiger partial charge in [0.25, 0.3) is 0 Å². The van der Waals surface area contributed by atoms with Gasteiger partial charge in [-0.25, -0.2) is 8.42 Å². The van der Waals surface area contributed by atoms with Crippen LogP contribution in [0.15, 0.2) is 29.2 Å². The van der Waals surface area contributed by atoms with Gasteiger partial charge in [-0.15, -0.1) is 0 Å². The normalized spacial score (nSPS) is 12.6. The lowest BCUT2D eigenvalue weighted by Gasteiger charge is -2.19. The number of carbonyl (C=O) groups excluding carboxylic acids is 1. The van der Waals surface area contributed by atoms with Crippen LogP contribution in [0.5, 0.6) is 0 Å². The predicted octanol–water partition coefficient (Wildman–Crippen LogP) is 2.60. The number of nitriles is 1. The third-order valence-electron chi connectivity index (χ3n) is 4.61. The summed E-state index contributed by atoms with van der Waals surface area (Å²) in [6, 6.07) is 7.95. The molecule has 0 saturated carbocycles. The van der Waals surface area contributed by atoms with Gasteiger partial charge in [0.05, 0.1) is 22.6 Å². The molecule has 0 radical (unpaired) electrons. The number of hydrogen-bond donors (Lipinski definition) is 1. The molecule has 9 heteroatoms. The highest BCUT2D eigenvalue weighted by Crippen LogP contribution is 2.26. The van der Waals surface area contributed by atoms with Crippen molar-refractivity contribution in [3.8, 4) is 6.07 Å². The van der Waals surface area contributed by atoms with Crippen LogP contribution in [0.2, 0.25) is 0 Å². The summed E-state index contributed by atoms with van der Waals surface area (Å²) < 4.78 is 28.7. The van der Waals surface area contributed by atoms with Crippen LogP contribution in [0.3, 0.4) is 0 Å². The smallest absolute Gasteiger partial charge is 0.248 e. The van der Waals surface area contributed by atoms with Gasteiger partial charge in [-0.05, 0) is 32.9 Å². The minimum Gasteiger partial charge on any atom is -0.323 e. The van der Waals surface area contributed by atoms with E-state index in [1.165, 1.54) is 8.99 Å². The van der Waals surface area contributed by atoms with E-state index in [4.69, 9.17) is 5.26 Å². The van der Waals surface area contributed by atoms with Crippen molar-refractivity contribution < 1.29 is 13.2 Å². The van der Waals surface area contributed by atoms with Crippen LogP contribution in [0.1, 0.15) is 43.8 Å². The highest BCUT2D eigenvalue weighted by Gasteiger charge is 2.31. The molecule has 1 heterocycles. The molecule has 1 amide bonds. The second-order valence-corrected chi connectivity index (χ2v) is 8.23. The first-order valence-electron chi connectivity index (χ1n) is 9.04. The molecule has 0 bridgehead atoms. The first-order chi connectivity index (χ1) is 13.2. The molecule has 8 nitrogen and oxygen atoms in total. The number of benzene rings is 1. The first kappa shape index (κ1) is 21.6. The zero-order chi connectivity index (χ0) is 21.1. The Balaban J connectivity index is 2.39. The van der Waals surface area contributed by atoms with Gasteiger partial charge < -0.3 is 5.32 Å². The van der Waals surface area contributed by atoms with E-state index in [-0.39, 0.29) is 10.8 Å². The summed E-state index contributed by atoms with van der Waals surface area (Å²) in [6.07, 6.45) is 0. The summed E-state index contributed by atoms with van der Waals surface area (Å²) in [5.74, 6) is -0.389. The Bertz CT molecular complexity index is 1020. The van der Waals surface area contributed by atoms with Crippen molar-refractivity contribution in [3.05, 3.63) is 41.2 Å². The van der Waals surface area contributed by atoms with Crippen molar-refractivity contribution in [3.63, 3.8) is 0 Å². The van der Waals surface area contributed by atoms with Gasteiger partial charge in [-0.3, -0.25) is 9.48 Å². The summed E-state index contributed by atoms with van der Waals surface area (Å²) in [5.41, 5.74) is 1.50. The van der Waals surface area contributed by atoms with Gasteiger partial charge in [0.2, 0.25) is 15.9 Å². The van der Waals surface area contributed by atoms with Crippen molar-refractivity contribution in [1.82, 2.24) is 14.1 Å². The molecule has 0 aliphatic carbocycles. The molecule has 2 aromatic rings. The summed E-state index contributed by atoms with van der Waals surface area (Å²) in [4.78, 5) is 12.8. The molecule has 1 aromatic carbocycles. The number of hydrogen-bond acceptors (Lipinski definition) is 5. The molecular weight excluding hydrogens is 378 g/mol. The molecule has 0 aliphatic heterocycles. The summed E-state index contributed by atoms with van der Waals surface area (Å²) in [5, 5.41) is 16.2. The van der Waals surface area contributed by atoms with E-state index in [0.29, 0.717) is 35.7 Å². The van der Waals surface area contributed by atoms with Crippen LogP contribution in [-0.2, 0) is 14.8 Å². The molecule has 1 N–H and O–H groups in total. The highest BCUT2D eigenvalue weighted by molar-refractivity contribution is 7.89. The van der Waals surface area contributed by atoms with Crippen molar-refractivity contribution in [2.24, 2.45) is 0 Å². The number of amides is 1. The molecule has 0 saturated heterocycles. The fourth-order valence-corrected chi connectivity index (χ4v) is 4.95. The molecule has 1 aromatic heterocycles. The van der Waals surface area contributed by atoms with Crippen molar-refractivity contribution in [2.75, 3.05) is 18.4 Å². The molecule has 28 heavy (non-hydrogen) atoms. The van der Waals surface area contributed by atoms with E-state index < -0.39 is 16.1 Å². The fourth-order valence-electron chi connectivity index (χ4n) is 3.13. The number of nitrogens with one attached hydrogen (secondary N) is 1. The number of para-hydroxylation sites is 1. The van der Waals surface area contributed by atoms with Gasteiger partial charge in [0, 0.05) is 13.1 Å². The van der Waals surface area contributed by atoms with E-state index in [9.17, 15) is 13.2 Å². The Morgan fingerprint density at radius 1 is 1.29 bits per heavy atom. The lowest BCUT2D eigenvalue weighted by atomic mass is 10.2. The van der Waals surface area contributed by atoms with Gasteiger partial charge in [-0.1, -0.05) is 26.0 Å². The van der Waals surface area contributed by atoms with Crippen molar-refractivity contribution in [2.45, 2.75) is 45.6 Å². The molecule has 150 valence electrons. The standard InChI is InChI=1S/C19H25N5O3S/c1-6-23(7-2)28(26,27)18-13(3)22-24(14(18)4)15(5)19(25)21-17-11-9-8-10-16(17)12-20/h8-11,15H,6-7H2,1-5H3,(H,21,25)/t15-/m0/s1. The molecule has 2 rings (SSSR count). The zero-order valence-corrected chi connectivity index (χ0v) is 17.5. The van der Waals surface area contributed by atoms with Crippen LogP contribution in [0.25, 0.3) is 0 Å². The SMILES string of the molecule is CCN(CC)S(=O)(=O)c1c(C)nn([C@@H](C)C(=O)Nc2ccccc2C#N)c1C. The van der Waals surface area contributed by atoms with E-state index in [0.717, 1.165) is 0 Å². The number of sulfonamides is 1. The summed E-state index contributed by atoms with van der Waals surface area (Å²) in [6.45, 7) is 9.15. The summed E-state index contributed by atoms with van der Waals surface area (Å²) in [7, 11) is -3.70. The number of rotatable bonds is 7. The minimum absolute atomic E-state index is 0.133. The lowest BCUT2D eigenvalue weighted by molar-refractivity contribution is -0.119. The van der Waals surface area contributed by atoms with Gasteiger partial charge in [-0.2, -0.15) is 14.7 Å². The Morgan fingerprint density at radius 2 is 1.89 bits per heavy atom. The van der Waals surface area contributed by atoms with Crippen LogP contribution >= 0.6 is 0 Å². The van der Waals surface area contributed by atoms with Gasteiger partial charge in [0.1, 0.15) is 17.0 Å². The number of anilines is 1. The third-order valence-corrected chi connectivity index (χ3v) is 6.92. The predicted molar refractivity (Wildman–Crippen MR) is 106 cm³/mol. The van der Waals surface area contributed by atoms with E-state index in [1.807, 2.05) is 6.07 Å². The van der Waals surface area contributed by atoms with Crippen molar-refractivity contribution in [1.29, 1.82) is 5.26 Å². The topological polar surface area (TPSA) is 108 Å². The largest absolute Gasteiger partial charge is 0.323 e. The lowest BCUT2D eigenvalue weighted by Crippen LogP contribution is -2.31. The molecule has 0 unspecified atom stereocenters. The number of aromatic nitrogens is 2. The van der Waals surface area contributed by atoms with Crippen LogP contribution in [-0.4, -0.2) is 41.5 Å². The number of carbonyl (C=O) groups is 1. The maximum absolute atomic E-state index is 13.0. The Kier molecular flexibility index (Phi) is 6.59. The number of nitrogens with zero attached hydrogens (tertiary/aromatic N) is 4. The monoisotopic (exact) mass is 403 g/mol. The van der Waals surface area contributed by atoms with E-state index in [2.05, 4.69) is 10.4 Å².